The van der Waals surface area contributed by atoms with Crippen molar-refractivity contribution in [2.75, 3.05) is 36.5 Å². The number of carbonyl (C=O) groups excluding carboxylic acids is 1. The highest BCUT2D eigenvalue weighted by molar-refractivity contribution is 7.91. The highest BCUT2D eigenvalue weighted by Gasteiger charge is 2.47. The Kier molecular flexibility index (Phi) is 7.04. The first kappa shape index (κ1) is 25.4. The molecule has 2 fully saturated rings. The SMILES string of the molecule is O=C(Nc1ncnc2c1ncn2[C@@H]1O[C@H](CO)C(O)[C@@H]1OC(=S)N1CCS(=O)(=O)CC1)c1ccccc1. The zero-order valence-corrected chi connectivity index (χ0v) is 21.0. The number of nitrogens with zero attached hydrogens (tertiary/aromatic N) is 5. The molecule has 5 rings (SSSR count). The summed E-state index contributed by atoms with van der Waals surface area (Å²) in [7, 11) is -3.12. The van der Waals surface area contributed by atoms with Crippen LogP contribution in [-0.2, 0) is 19.3 Å². The molecule has 0 aliphatic carbocycles. The van der Waals surface area contributed by atoms with Gasteiger partial charge < -0.3 is 29.9 Å². The first-order valence-corrected chi connectivity index (χ1v) is 13.6. The number of fused-ring (bicyclic) bond motifs is 1. The van der Waals surface area contributed by atoms with Gasteiger partial charge in [0.25, 0.3) is 11.1 Å². The number of anilines is 1. The third kappa shape index (κ3) is 5.13. The van der Waals surface area contributed by atoms with Crippen LogP contribution in [0.2, 0.25) is 0 Å². The molecule has 1 aromatic carbocycles. The predicted molar refractivity (Wildman–Crippen MR) is 134 cm³/mol. The minimum atomic E-state index is -3.12. The lowest BCUT2D eigenvalue weighted by atomic mass is 10.1. The van der Waals surface area contributed by atoms with Crippen molar-refractivity contribution in [3.05, 3.63) is 48.5 Å². The summed E-state index contributed by atoms with van der Waals surface area (Å²) in [6.45, 7) is -0.137. The molecule has 0 radical (unpaired) electrons. The van der Waals surface area contributed by atoms with Crippen LogP contribution >= 0.6 is 12.2 Å². The van der Waals surface area contributed by atoms with Gasteiger partial charge in [-0.25, -0.2) is 23.4 Å². The molecule has 1 unspecified atom stereocenters. The van der Waals surface area contributed by atoms with Gasteiger partial charge in [-0.05, 0) is 24.4 Å². The number of hydrogen-bond donors (Lipinski definition) is 3. The molecule has 4 atom stereocenters. The summed E-state index contributed by atoms with van der Waals surface area (Å²) >= 11 is 5.39. The maximum Gasteiger partial charge on any atom is 0.259 e. The Balaban J connectivity index is 1.40. The van der Waals surface area contributed by atoms with Crippen LogP contribution in [-0.4, -0.2) is 104 Å². The van der Waals surface area contributed by atoms with Crippen LogP contribution in [0.1, 0.15) is 16.6 Å². The first-order valence-electron chi connectivity index (χ1n) is 11.4. The number of aliphatic hydroxyl groups excluding tert-OH is 2. The van der Waals surface area contributed by atoms with E-state index in [2.05, 4.69) is 20.3 Å². The molecular weight excluding hydrogens is 524 g/mol. The second-order valence-corrected chi connectivity index (χ2v) is 11.2. The van der Waals surface area contributed by atoms with Crippen LogP contribution in [0.15, 0.2) is 43.0 Å². The van der Waals surface area contributed by atoms with Crippen LogP contribution in [0, 0.1) is 0 Å². The summed E-state index contributed by atoms with van der Waals surface area (Å²) in [5.41, 5.74) is 1.01. The number of ether oxygens (including phenoxy) is 2. The van der Waals surface area contributed by atoms with E-state index in [4.69, 9.17) is 21.7 Å². The Morgan fingerprint density at radius 2 is 1.92 bits per heavy atom. The van der Waals surface area contributed by atoms with Crippen molar-refractivity contribution in [2.45, 2.75) is 24.5 Å². The Morgan fingerprint density at radius 3 is 2.62 bits per heavy atom. The molecule has 1 amide bonds. The van der Waals surface area contributed by atoms with Crippen molar-refractivity contribution in [2.24, 2.45) is 0 Å². The lowest BCUT2D eigenvalue weighted by Crippen LogP contribution is -2.47. The molecule has 3 aromatic rings. The number of thiocarbonyl (C=S) groups is 1. The number of amides is 1. The summed E-state index contributed by atoms with van der Waals surface area (Å²) in [6, 6.07) is 8.61. The van der Waals surface area contributed by atoms with Gasteiger partial charge in [-0.15, -0.1) is 0 Å². The number of aliphatic hydroxyl groups is 2. The van der Waals surface area contributed by atoms with Gasteiger partial charge in [-0.3, -0.25) is 9.36 Å². The number of rotatable bonds is 5. The van der Waals surface area contributed by atoms with E-state index in [-0.39, 0.29) is 52.7 Å². The van der Waals surface area contributed by atoms with Crippen LogP contribution < -0.4 is 5.32 Å². The third-order valence-corrected chi connectivity index (χ3v) is 8.20. The van der Waals surface area contributed by atoms with E-state index >= 15 is 0 Å². The number of benzene rings is 1. The van der Waals surface area contributed by atoms with Crippen LogP contribution in [0.3, 0.4) is 0 Å². The number of aromatic nitrogens is 4. The van der Waals surface area contributed by atoms with E-state index in [1.807, 2.05) is 0 Å². The smallest absolute Gasteiger partial charge is 0.259 e. The monoisotopic (exact) mass is 548 g/mol. The van der Waals surface area contributed by atoms with Crippen LogP contribution in [0.4, 0.5) is 5.82 Å². The minimum Gasteiger partial charge on any atom is -0.460 e. The molecular formula is C22H24N6O7S2. The van der Waals surface area contributed by atoms with Gasteiger partial charge in [-0.2, -0.15) is 0 Å². The molecule has 37 heavy (non-hydrogen) atoms. The molecule has 13 nitrogen and oxygen atoms in total. The molecule has 2 aromatic heterocycles. The van der Waals surface area contributed by atoms with Crippen LogP contribution in [0.5, 0.6) is 0 Å². The van der Waals surface area contributed by atoms with Gasteiger partial charge in [0.05, 0.1) is 24.4 Å². The number of hydrogen-bond acceptors (Lipinski definition) is 11. The zero-order chi connectivity index (χ0) is 26.2. The summed E-state index contributed by atoms with van der Waals surface area (Å²) in [6.07, 6.45) is -1.62. The third-order valence-electron chi connectivity index (χ3n) is 6.23. The first-order chi connectivity index (χ1) is 17.8. The molecule has 2 aliphatic rings. The van der Waals surface area contributed by atoms with Crippen molar-refractivity contribution in [1.82, 2.24) is 24.4 Å². The van der Waals surface area contributed by atoms with E-state index in [0.29, 0.717) is 5.56 Å². The molecule has 15 heteroatoms. The van der Waals surface area contributed by atoms with Crippen molar-refractivity contribution >= 4 is 50.1 Å². The molecule has 3 N–H and O–H groups in total. The summed E-state index contributed by atoms with van der Waals surface area (Å²) < 4.78 is 36.8. The normalized spacial score (nSPS) is 25.2. The standard InChI is InChI=1S/C22H24N6O7S2/c29-10-14-16(30)17(35-22(36)27-6-8-37(32,33)9-7-27)21(34-14)28-12-25-15-18(23-11-24-19(15)28)26-20(31)13-4-2-1-3-5-13/h1-5,11-12,14,16-17,21,29-30H,6-10H2,(H,23,24,26,31)/t14-,16?,17+,21-/m1/s1. The van der Waals surface area contributed by atoms with Gasteiger partial charge in [0, 0.05) is 18.7 Å². The van der Waals surface area contributed by atoms with Crippen molar-refractivity contribution < 1.29 is 32.9 Å². The van der Waals surface area contributed by atoms with E-state index < -0.39 is 41.0 Å². The summed E-state index contributed by atoms with van der Waals surface area (Å²) in [5, 5.41) is 23.3. The van der Waals surface area contributed by atoms with E-state index in [9.17, 15) is 23.4 Å². The topological polar surface area (TPSA) is 169 Å². The second kappa shape index (κ2) is 10.3. The number of carbonyl (C=O) groups is 1. The Morgan fingerprint density at radius 1 is 1.19 bits per heavy atom. The molecule has 0 saturated carbocycles. The molecule has 2 aliphatic heterocycles. The van der Waals surface area contributed by atoms with Gasteiger partial charge in [0.15, 0.2) is 39.2 Å². The quantitative estimate of drug-likeness (QED) is 0.357. The fraction of sp³-hybridized carbons (Fsp3) is 0.409. The molecule has 2 saturated heterocycles. The second-order valence-electron chi connectivity index (χ2n) is 8.59. The van der Waals surface area contributed by atoms with Crippen molar-refractivity contribution in [1.29, 1.82) is 0 Å². The Hall–Kier alpha value is -3.24. The lowest BCUT2D eigenvalue weighted by Gasteiger charge is -2.31. The van der Waals surface area contributed by atoms with Gasteiger partial charge in [0.1, 0.15) is 18.5 Å². The van der Waals surface area contributed by atoms with Gasteiger partial charge in [0.2, 0.25) is 0 Å². The minimum absolute atomic E-state index is 0.0148. The largest absolute Gasteiger partial charge is 0.460 e. The van der Waals surface area contributed by atoms with E-state index in [1.165, 1.54) is 17.2 Å². The maximum atomic E-state index is 12.6. The van der Waals surface area contributed by atoms with Gasteiger partial charge in [-0.1, -0.05) is 18.2 Å². The molecule has 0 bridgehead atoms. The maximum absolute atomic E-state index is 12.6. The molecule has 0 spiro atoms. The van der Waals surface area contributed by atoms with Crippen molar-refractivity contribution in [3.63, 3.8) is 0 Å². The number of sulfone groups is 1. The predicted octanol–water partition coefficient (Wildman–Crippen LogP) is -0.270. The average molecular weight is 549 g/mol. The fourth-order valence-electron chi connectivity index (χ4n) is 4.20. The fourth-order valence-corrected chi connectivity index (χ4v) is 5.70. The van der Waals surface area contributed by atoms with Crippen LogP contribution in [0.25, 0.3) is 11.2 Å². The Labute approximate surface area is 217 Å². The summed E-state index contributed by atoms with van der Waals surface area (Å²) in [4.78, 5) is 27.0. The van der Waals surface area contributed by atoms with Gasteiger partial charge >= 0.3 is 0 Å². The molecule has 196 valence electrons. The molecule has 4 heterocycles. The van der Waals surface area contributed by atoms with E-state index in [1.54, 1.807) is 35.2 Å². The Bertz CT molecular complexity index is 1400. The average Bonchev–Trinajstić information content (AvgIpc) is 3.46. The highest BCUT2D eigenvalue weighted by Crippen LogP contribution is 2.34. The highest BCUT2D eigenvalue weighted by atomic mass is 32.2. The number of nitrogens with one attached hydrogen (secondary N) is 1. The number of imidazole rings is 1. The van der Waals surface area contributed by atoms with Crippen molar-refractivity contribution in [3.8, 4) is 0 Å². The summed E-state index contributed by atoms with van der Waals surface area (Å²) in [5.74, 6) is -0.303. The lowest BCUT2D eigenvalue weighted by molar-refractivity contribution is -0.0505. The zero-order valence-electron chi connectivity index (χ0n) is 19.4. The van der Waals surface area contributed by atoms with E-state index in [0.717, 1.165) is 0 Å².